The van der Waals surface area contributed by atoms with Crippen molar-refractivity contribution < 1.29 is 0 Å². The quantitative estimate of drug-likeness (QED) is 0.771. The summed E-state index contributed by atoms with van der Waals surface area (Å²) in [6, 6.07) is 9.42. The highest BCUT2D eigenvalue weighted by molar-refractivity contribution is 6.30. The van der Waals surface area contributed by atoms with E-state index in [1.54, 1.807) is 0 Å². The van der Waals surface area contributed by atoms with E-state index in [0.717, 1.165) is 24.5 Å². The number of halogens is 1. The van der Waals surface area contributed by atoms with E-state index in [1.807, 2.05) is 12.1 Å². The van der Waals surface area contributed by atoms with Gasteiger partial charge in [0.1, 0.15) is 0 Å². The Labute approximate surface area is 145 Å². The molecule has 0 spiro atoms. The molecule has 2 aliphatic heterocycles. The Morgan fingerprint density at radius 1 is 1.13 bits per heavy atom. The summed E-state index contributed by atoms with van der Waals surface area (Å²) in [5, 5.41) is 11.9. The van der Waals surface area contributed by atoms with Crippen LogP contribution in [0.1, 0.15) is 31.2 Å². The maximum atomic E-state index is 5.94. The van der Waals surface area contributed by atoms with Crippen molar-refractivity contribution in [2.45, 2.75) is 50.5 Å². The van der Waals surface area contributed by atoms with Gasteiger partial charge in [0, 0.05) is 23.7 Å². The van der Waals surface area contributed by atoms with Gasteiger partial charge in [0.15, 0.2) is 0 Å². The van der Waals surface area contributed by atoms with Crippen LogP contribution in [0.5, 0.6) is 0 Å². The summed E-state index contributed by atoms with van der Waals surface area (Å²) in [5.74, 6) is 0. The van der Waals surface area contributed by atoms with E-state index >= 15 is 0 Å². The normalized spacial score (nSPS) is 27.2. The number of benzene rings is 1. The molecule has 4 nitrogen and oxygen atoms in total. The molecule has 2 fully saturated rings. The first kappa shape index (κ1) is 17.2. The maximum absolute atomic E-state index is 5.94. The lowest BCUT2D eigenvalue weighted by Gasteiger charge is -2.37. The van der Waals surface area contributed by atoms with E-state index in [9.17, 15) is 0 Å². The number of hydrogen-bond acceptors (Lipinski definition) is 4. The zero-order valence-electron chi connectivity index (χ0n) is 14.0. The first-order chi connectivity index (χ1) is 11.2. The van der Waals surface area contributed by atoms with Crippen LogP contribution in [0.2, 0.25) is 5.02 Å². The highest BCUT2D eigenvalue weighted by Gasteiger charge is 2.24. The minimum absolute atomic E-state index is 0.392. The van der Waals surface area contributed by atoms with Crippen molar-refractivity contribution in [1.82, 2.24) is 20.9 Å². The predicted molar refractivity (Wildman–Crippen MR) is 96.8 cm³/mol. The minimum Gasteiger partial charge on any atom is -0.311 e. The zero-order chi connectivity index (χ0) is 16.1. The fraction of sp³-hybridized carbons (Fsp3) is 0.667. The Morgan fingerprint density at radius 3 is 2.61 bits per heavy atom. The number of likely N-dealkylation sites (tertiary alicyclic amines) is 1. The second-order valence-electron chi connectivity index (χ2n) is 6.98. The van der Waals surface area contributed by atoms with E-state index in [-0.39, 0.29) is 0 Å². The molecular weight excluding hydrogens is 308 g/mol. The molecule has 1 aromatic carbocycles. The van der Waals surface area contributed by atoms with Gasteiger partial charge in [-0.25, -0.2) is 0 Å². The van der Waals surface area contributed by atoms with Gasteiger partial charge in [0.05, 0.1) is 6.17 Å². The molecule has 0 aromatic heterocycles. The van der Waals surface area contributed by atoms with Crippen LogP contribution in [0.15, 0.2) is 24.3 Å². The Kier molecular flexibility index (Phi) is 6.31. The predicted octanol–water partition coefficient (Wildman–Crippen LogP) is 2.19. The van der Waals surface area contributed by atoms with Crippen molar-refractivity contribution in [3.05, 3.63) is 34.9 Å². The second-order valence-corrected chi connectivity index (χ2v) is 7.42. The standard InChI is InChI=1S/C18H29ClN4/c1-23-10-7-16(8-11-23)22-17-6-9-20-18(12-17)21-13-14-2-4-15(19)5-3-14/h2-5,16-18,20-22H,6-13H2,1H3. The van der Waals surface area contributed by atoms with Crippen molar-refractivity contribution in [2.75, 3.05) is 26.7 Å². The van der Waals surface area contributed by atoms with E-state index in [1.165, 1.54) is 37.9 Å². The molecular formula is C18H29ClN4. The number of piperidine rings is 2. The van der Waals surface area contributed by atoms with Gasteiger partial charge in [-0.05, 0) is 70.1 Å². The summed E-state index contributed by atoms with van der Waals surface area (Å²) in [4.78, 5) is 2.43. The minimum atomic E-state index is 0.392. The first-order valence-corrected chi connectivity index (χ1v) is 9.22. The third-order valence-corrected chi connectivity index (χ3v) is 5.31. The number of rotatable bonds is 5. The number of hydrogen-bond donors (Lipinski definition) is 3. The van der Waals surface area contributed by atoms with Crippen LogP contribution < -0.4 is 16.0 Å². The summed E-state index contributed by atoms with van der Waals surface area (Å²) in [6.45, 7) is 4.42. The van der Waals surface area contributed by atoms with Crippen LogP contribution in [0.4, 0.5) is 0 Å². The van der Waals surface area contributed by atoms with Crippen molar-refractivity contribution in [1.29, 1.82) is 0 Å². The van der Waals surface area contributed by atoms with Crippen LogP contribution in [0.25, 0.3) is 0 Å². The SMILES string of the molecule is CN1CCC(NC2CCNC(NCc3ccc(Cl)cc3)C2)CC1. The van der Waals surface area contributed by atoms with Crippen molar-refractivity contribution >= 4 is 11.6 Å². The van der Waals surface area contributed by atoms with E-state index < -0.39 is 0 Å². The Balaban J connectivity index is 1.42. The number of nitrogens with zero attached hydrogens (tertiary/aromatic N) is 1. The molecule has 3 N–H and O–H groups in total. The highest BCUT2D eigenvalue weighted by Crippen LogP contribution is 2.14. The first-order valence-electron chi connectivity index (χ1n) is 8.85. The van der Waals surface area contributed by atoms with Gasteiger partial charge in [-0.3, -0.25) is 5.32 Å². The van der Waals surface area contributed by atoms with Crippen molar-refractivity contribution in [2.24, 2.45) is 0 Å². The van der Waals surface area contributed by atoms with Crippen LogP contribution >= 0.6 is 11.6 Å². The summed E-state index contributed by atoms with van der Waals surface area (Å²) < 4.78 is 0. The number of nitrogens with one attached hydrogen (secondary N) is 3. The molecule has 23 heavy (non-hydrogen) atoms. The summed E-state index contributed by atoms with van der Waals surface area (Å²) in [6.07, 6.45) is 5.33. The lowest BCUT2D eigenvalue weighted by atomic mass is 9.99. The van der Waals surface area contributed by atoms with Gasteiger partial charge in [-0.15, -0.1) is 0 Å². The molecule has 3 rings (SSSR count). The van der Waals surface area contributed by atoms with Gasteiger partial charge in [0.2, 0.25) is 0 Å². The molecule has 2 unspecified atom stereocenters. The average molecular weight is 337 g/mol. The largest absolute Gasteiger partial charge is 0.311 e. The summed E-state index contributed by atoms with van der Waals surface area (Å²) in [5.41, 5.74) is 1.28. The third-order valence-electron chi connectivity index (χ3n) is 5.06. The summed E-state index contributed by atoms with van der Waals surface area (Å²) in [7, 11) is 2.22. The Hall–Kier alpha value is -0.650. The Bertz CT molecular complexity index is 470. The fourth-order valence-corrected chi connectivity index (χ4v) is 3.70. The highest BCUT2D eigenvalue weighted by atomic mass is 35.5. The van der Waals surface area contributed by atoms with Gasteiger partial charge >= 0.3 is 0 Å². The molecule has 0 saturated carbocycles. The monoisotopic (exact) mass is 336 g/mol. The lowest BCUT2D eigenvalue weighted by Crippen LogP contribution is -2.55. The fourth-order valence-electron chi connectivity index (χ4n) is 3.58. The van der Waals surface area contributed by atoms with E-state index in [0.29, 0.717) is 18.2 Å². The van der Waals surface area contributed by atoms with Crippen LogP contribution in [-0.4, -0.2) is 49.8 Å². The van der Waals surface area contributed by atoms with E-state index in [4.69, 9.17) is 11.6 Å². The molecule has 0 aliphatic carbocycles. The molecule has 2 heterocycles. The average Bonchev–Trinajstić information content (AvgIpc) is 2.57. The third kappa shape index (κ3) is 5.44. The molecule has 5 heteroatoms. The maximum Gasteiger partial charge on any atom is 0.0589 e. The molecule has 2 atom stereocenters. The smallest absolute Gasteiger partial charge is 0.0589 e. The van der Waals surface area contributed by atoms with Crippen LogP contribution in [0.3, 0.4) is 0 Å². The summed E-state index contributed by atoms with van der Waals surface area (Å²) >= 11 is 5.94. The molecule has 0 amide bonds. The Morgan fingerprint density at radius 2 is 1.87 bits per heavy atom. The molecule has 2 saturated heterocycles. The van der Waals surface area contributed by atoms with E-state index in [2.05, 4.69) is 40.0 Å². The van der Waals surface area contributed by atoms with Gasteiger partial charge < -0.3 is 15.5 Å². The molecule has 0 bridgehead atoms. The van der Waals surface area contributed by atoms with Gasteiger partial charge in [0.25, 0.3) is 0 Å². The molecule has 128 valence electrons. The van der Waals surface area contributed by atoms with Crippen LogP contribution in [0, 0.1) is 0 Å². The molecule has 0 radical (unpaired) electrons. The molecule has 1 aromatic rings. The van der Waals surface area contributed by atoms with Gasteiger partial charge in [-0.2, -0.15) is 0 Å². The van der Waals surface area contributed by atoms with Crippen LogP contribution in [-0.2, 0) is 6.54 Å². The van der Waals surface area contributed by atoms with Crippen molar-refractivity contribution in [3.8, 4) is 0 Å². The zero-order valence-corrected chi connectivity index (χ0v) is 14.8. The second kappa shape index (κ2) is 8.45. The lowest BCUT2D eigenvalue weighted by molar-refractivity contribution is 0.201. The topological polar surface area (TPSA) is 39.3 Å². The van der Waals surface area contributed by atoms with Crippen molar-refractivity contribution in [3.63, 3.8) is 0 Å². The molecule has 2 aliphatic rings. The van der Waals surface area contributed by atoms with Gasteiger partial charge in [-0.1, -0.05) is 23.7 Å².